The van der Waals surface area contributed by atoms with Crippen molar-refractivity contribution >= 4 is 0 Å². The van der Waals surface area contributed by atoms with Crippen molar-refractivity contribution in [3.05, 3.63) is 35.4 Å². The first-order valence-electron chi connectivity index (χ1n) is 5.97. The fourth-order valence-electron chi connectivity index (χ4n) is 2.01. The van der Waals surface area contributed by atoms with Crippen LogP contribution in [-0.4, -0.2) is 19.8 Å². The molecule has 0 amide bonds. The molecule has 1 unspecified atom stereocenters. The van der Waals surface area contributed by atoms with Gasteiger partial charge in [-0.2, -0.15) is 0 Å². The van der Waals surface area contributed by atoms with Gasteiger partial charge in [-0.05, 0) is 19.4 Å². The molecule has 1 saturated heterocycles. The smallest absolute Gasteiger partial charge is 0.0554 e. The Balaban J connectivity index is 1.90. The molecule has 0 aliphatic carbocycles. The minimum atomic E-state index is 0.345. The molecule has 1 heterocycles. The summed E-state index contributed by atoms with van der Waals surface area (Å²) in [5.41, 5.74) is 3.03. The molecule has 1 aromatic carbocycles. The predicted molar refractivity (Wildman–Crippen MR) is 66.5 cm³/mol. The molecule has 0 radical (unpaired) electrons. The number of hydrogen-bond donors (Lipinski definition) is 1. The van der Waals surface area contributed by atoms with Crippen molar-refractivity contribution in [2.75, 3.05) is 19.8 Å². The van der Waals surface area contributed by atoms with Crippen molar-refractivity contribution in [1.29, 1.82) is 0 Å². The minimum absolute atomic E-state index is 0.345. The molecule has 16 heavy (non-hydrogen) atoms. The predicted octanol–water partition coefficient (Wildman–Crippen LogP) is 2.68. The summed E-state index contributed by atoms with van der Waals surface area (Å²) >= 11 is 0. The Hall–Kier alpha value is -0.860. The summed E-state index contributed by atoms with van der Waals surface area (Å²) in [6.45, 7) is 9.44. The first-order valence-corrected chi connectivity index (χ1v) is 5.97. The van der Waals surface area contributed by atoms with Gasteiger partial charge in [0.05, 0.1) is 13.2 Å². The van der Waals surface area contributed by atoms with Gasteiger partial charge in [0.2, 0.25) is 0 Å². The van der Waals surface area contributed by atoms with E-state index in [1.54, 1.807) is 0 Å². The molecule has 1 atom stereocenters. The van der Waals surface area contributed by atoms with Crippen molar-refractivity contribution in [3.63, 3.8) is 0 Å². The molecule has 0 saturated carbocycles. The van der Waals surface area contributed by atoms with Crippen LogP contribution in [0.25, 0.3) is 0 Å². The lowest BCUT2D eigenvalue weighted by atomic mass is 9.88. The summed E-state index contributed by atoms with van der Waals surface area (Å²) in [5.74, 6) is 0. The SMILES string of the molecule is Cc1cccc(C(C)NCC2(C)COC2)c1. The molecule has 2 nitrogen and oxygen atoms in total. The topological polar surface area (TPSA) is 21.3 Å². The van der Waals surface area contributed by atoms with E-state index in [0.29, 0.717) is 11.5 Å². The standard InChI is InChI=1S/C14H21NO/c1-11-5-4-6-13(7-11)12(2)15-8-14(3)9-16-10-14/h4-7,12,15H,8-10H2,1-3H3. The number of aryl methyl sites for hydroxylation is 1. The van der Waals surface area contributed by atoms with E-state index in [4.69, 9.17) is 4.74 Å². The van der Waals surface area contributed by atoms with Gasteiger partial charge in [-0.25, -0.2) is 0 Å². The van der Waals surface area contributed by atoms with E-state index in [-0.39, 0.29) is 0 Å². The third kappa shape index (κ3) is 2.63. The van der Waals surface area contributed by atoms with E-state index in [1.807, 2.05) is 0 Å². The molecule has 1 aliphatic rings. The first-order chi connectivity index (χ1) is 7.59. The molecular weight excluding hydrogens is 198 g/mol. The molecule has 0 aromatic heterocycles. The van der Waals surface area contributed by atoms with Crippen molar-refractivity contribution in [2.45, 2.75) is 26.8 Å². The van der Waals surface area contributed by atoms with Gasteiger partial charge >= 0.3 is 0 Å². The molecule has 1 fully saturated rings. The second-order valence-electron chi connectivity index (χ2n) is 5.32. The fraction of sp³-hybridized carbons (Fsp3) is 0.571. The Labute approximate surface area is 98.0 Å². The van der Waals surface area contributed by atoms with Crippen LogP contribution in [-0.2, 0) is 4.74 Å². The zero-order valence-electron chi connectivity index (χ0n) is 10.4. The van der Waals surface area contributed by atoms with Crippen LogP contribution in [0.4, 0.5) is 0 Å². The summed E-state index contributed by atoms with van der Waals surface area (Å²) < 4.78 is 5.25. The maximum Gasteiger partial charge on any atom is 0.0554 e. The van der Waals surface area contributed by atoms with Gasteiger partial charge in [0.1, 0.15) is 0 Å². The van der Waals surface area contributed by atoms with Crippen LogP contribution in [0, 0.1) is 12.3 Å². The lowest BCUT2D eigenvalue weighted by Gasteiger charge is -2.39. The Kier molecular flexibility index (Phi) is 3.31. The van der Waals surface area contributed by atoms with Crippen molar-refractivity contribution in [2.24, 2.45) is 5.41 Å². The molecule has 1 N–H and O–H groups in total. The van der Waals surface area contributed by atoms with Gasteiger partial charge in [0.15, 0.2) is 0 Å². The third-order valence-electron chi connectivity index (χ3n) is 3.28. The Morgan fingerprint density at radius 3 is 2.75 bits per heavy atom. The lowest BCUT2D eigenvalue weighted by Crippen LogP contribution is -2.47. The number of nitrogens with one attached hydrogen (secondary N) is 1. The monoisotopic (exact) mass is 219 g/mol. The van der Waals surface area contributed by atoms with Gasteiger partial charge in [0.25, 0.3) is 0 Å². The van der Waals surface area contributed by atoms with Crippen molar-refractivity contribution in [1.82, 2.24) is 5.32 Å². The van der Waals surface area contributed by atoms with Crippen molar-refractivity contribution in [3.8, 4) is 0 Å². The Bertz CT molecular complexity index is 358. The van der Waals surface area contributed by atoms with E-state index in [1.165, 1.54) is 11.1 Å². The normalized spacial score (nSPS) is 20.2. The quantitative estimate of drug-likeness (QED) is 0.840. The second-order valence-corrected chi connectivity index (χ2v) is 5.32. The highest BCUT2D eigenvalue weighted by Crippen LogP contribution is 2.26. The van der Waals surface area contributed by atoms with Crippen LogP contribution in [0.1, 0.15) is 31.0 Å². The average molecular weight is 219 g/mol. The van der Waals surface area contributed by atoms with Crippen LogP contribution < -0.4 is 5.32 Å². The number of rotatable bonds is 4. The maximum atomic E-state index is 5.25. The van der Waals surface area contributed by atoms with Gasteiger partial charge in [-0.1, -0.05) is 36.8 Å². The summed E-state index contributed by atoms with van der Waals surface area (Å²) in [5, 5.41) is 3.59. The largest absolute Gasteiger partial charge is 0.380 e. The fourth-order valence-corrected chi connectivity index (χ4v) is 2.01. The molecule has 1 aromatic rings. The molecule has 2 heteroatoms. The molecule has 2 rings (SSSR count). The highest BCUT2D eigenvalue weighted by atomic mass is 16.5. The molecule has 88 valence electrons. The highest BCUT2D eigenvalue weighted by Gasteiger charge is 2.33. The van der Waals surface area contributed by atoms with Gasteiger partial charge in [0, 0.05) is 18.0 Å². The van der Waals surface area contributed by atoms with E-state index >= 15 is 0 Å². The highest BCUT2D eigenvalue weighted by molar-refractivity contribution is 5.24. The Morgan fingerprint density at radius 1 is 1.44 bits per heavy atom. The minimum Gasteiger partial charge on any atom is -0.380 e. The van der Waals surface area contributed by atoms with E-state index in [9.17, 15) is 0 Å². The maximum absolute atomic E-state index is 5.25. The molecule has 1 aliphatic heterocycles. The zero-order valence-corrected chi connectivity index (χ0v) is 10.4. The van der Waals surface area contributed by atoms with E-state index in [0.717, 1.165) is 19.8 Å². The number of benzene rings is 1. The second kappa shape index (κ2) is 4.56. The lowest BCUT2D eigenvalue weighted by molar-refractivity contribution is -0.0999. The van der Waals surface area contributed by atoms with Gasteiger partial charge < -0.3 is 10.1 Å². The third-order valence-corrected chi connectivity index (χ3v) is 3.28. The van der Waals surface area contributed by atoms with Crippen LogP contribution in [0.2, 0.25) is 0 Å². The number of hydrogen-bond acceptors (Lipinski definition) is 2. The Morgan fingerprint density at radius 2 is 2.19 bits per heavy atom. The van der Waals surface area contributed by atoms with Crippen LogP contribution in [0.5, 0.6) is 0 Å². The van der Waals surface area contributed by atoms with Crippen LogP contribution >= 0.6 is 0 Å². The van der Waals surface area contributed by atoms with E-state index < -0.39 is 0 Å². The van der Waals surface area contributed by atoms with Crippen molar-refractivity contribution < 1.29 is 4.74 Å². The zero-order chi connectivity index (χ0) is 11.6. The van der Waals surface area contributed by atoms with Gasteiger partial charge in [-0.3, -0.25) is 0 Å². The summed E-state index contributed by atoms with van der Waals surface area (Å²) in [6, 6.07) is 9.10. The van der Waals surface area contributed by atoms with Crippen LogP contribution in [0.3, 0.4) is 0 Å². The summed E-state index contributed by atoms with van der Waals surface area (Å²) in [7, 11) is 0. The number of ether oxygens (including phenoxy) is 1. The molecule has 0 bridgehead atoms. The molecular formula is C14H21NO. The summed E-state index contributed by atoms with van der Waals surface area (Å²) in [6.07, 6.45) is 0. The first kappa shape index (κ1) is 11.6. The summed E-state index contributed by atoms with van der Waals surface area (Å²) in [4.78, 5) is 0. The van der Waals surface area contributed by atoms with Gasteiger partial charge in [-0.15, -0.1) is 0 Å². The van der Waals surface area contributed by atoms with Crippen LogP contribution in [0.15, 0.2) is 24.3 Å². The molecule has 0 spiro atoms. The average Bonchev–Trinajstić information content (AvgIpc) is 2.23. The van der Waals surface area contributed by atoms with E-state index in [2.05, 4.69) is 50.4 Å².